The van der Waals surface area contributed by atoms with E-state index in [9.17, 15) is 4.79 Å². The topological polar surface area (TPSA) is 35.5 Å². The SMILES string of the molecule is CCC1CCCCC1C(=O)c1cccc2c1OCCO2. The number of benzene rings is 1. The molecule has 3 nitrogen and oxygen atoms in total. The maximum Gasteiger partial charge on any atom is 0.172 e. The zero-order chi connectivity index (χ0) is 13.9. The number of ether oxygens (including phenoxy) is 2. The van der Waals surface area contributed by atoms with Gasteiger partial charge in [0.05, 0.1) is 5.56 Å². The minimum atomic E-state index is 0.158. The fraction of sp³-hybridized carbons (Fsp3) is 0.588. The van der Waals surface area contributed by atoms with Gasteiger partial charge in [0.25, 0.3) is 0 Å². The quantitative estimate of drug-likeness (QED) is 0.785. The summed E-state index contributed by atoms with van der Waals surface area (Å²) in [4.78, 5) is 12.9. The summed E-state index contributed by atoms with van der Waals surface area (Å²) < 4.78 is 11.3. The van der Waals surface area contributed by atoms with Gasteiger partial charge in [0.2, 0.25) is 0 Å². The van der Waals surface area contributed by atoms with Crippen LogP contribution in [0.1, 0.15) is 49.4 Å². The molecule has 20 heavy (non-hydrogen) atoms. The van der Waals surface area contributed by atoms with Gasteiger partial charge in [0.15, 0.2) is 17.3 Å². The van der Waals surface area contributed by atoms with Crippen LogP contribution in [-0.4, -0.2) is 19.0 Å². The van der Waals surface area contributed by atoms with Crippen molar-refractivity contribution in [1.82, 2.24) is 0 Å². The molecule has 1 aromatic carbocycles. The number of hydrogen-bond acceptors (Lipinski definition) is 3. The molecule has 1 fully saturated rings. The molecule has 1 aromatic rings. The highest BCUT2D eigenvalue weighted by Crippen LogP contribution is 2.39. The number of Topliss-reactive ketones (excluding diaryl/α,β-unsaturated/α-hetero) is 1. The van der Waals surface area contributed by atoms with Gasteiger partial charge in [0.1, 0.15) is 13.2 Å². The largest absolute Gasteiger partial charge is 0.486 e. The van der Waals surface area contributed by atoms with E-state index in [-0.39, 0.29) is 11.7 Å². The lowest BCUT2D eigenvalue weighted by Crippen LogP contribution is -2.28. The molecular weight excluding hydrogens is 252 g/mol. The Bertz CT molecular complexity index is 495. The van der Waals surface area contributed by atoms with E-state index < -0.39 is 0 Å². The van der Waals surface area contributed by atoms with E-state index in [4.69, 9.17) is 9.47 Å². The highest BCUT2D eigenvalue weighted by atomic mass is 16.6. The van der Waals surface area contributed by atoms with Crippen LogP contribution in [0.5, 0.6) is 11.5 Å². The van der Waals surface area contributed by atoms with Gasteiger partial charge in [-0.1, -0.05) is 32.3 Å². The highest BCUT2D eigenvalue weighted by molar-refractivity contribution is 6.01. The van der Waals surface area contributed by atoms with Gasteiger partial charge in [-0.25, -0.2) is 0 Å². The van der Waals surface area contributed by atoms with Crippen LogP contribution in [0.4, 0.5) is 0 Å². The Morgan fingerprint density at radius 3 is 2.85 bits per heavy atom. The normalized spacial score (nSPS) is 25.2. The Morgan fingerprint density at radius 2 is 2.00 bits per heavy atom. The van der Waals surface area contributed by atoms with Crippen molar-refractivity contribution in [2.45, 2.75) is 39.0 Å². The van der Waals surface area contributed by atoms with E-state index in [2.05, 4.69) is 6.92 Å². The van der Waals surface area contributed by atoms with Gasteiger partial charge in [-0.05, 0) is 30.9 Å². The Labute approximate surface area is 120 Å². The number of rotatable bonds is 3. The first kappa shape index (κ1) is 13.5. The Kier molecular flexibility index (Phi) is 3.95. The number of carbonyl (C=O) groups excluding carboxylic acids is 1. The van der Waals surface area contributed by atoms with Gasteiger partial charge < -0.3 is 9.47 Å². The third kappa shape index (κ3) is 2.41. The summed E-state index contributed by atoms with van der Waals surface area (Å²) in [6.45, 7) is 3.28. The zero-order valence-electron chi connectivity index (χ0n) is 12.1. The second kappa shape index (κ2) is 5.86. The first-order valence-electron chi connectivity index (χ1n) is 7.74. The van der Waals surface area contributed by atoms with Crippen LogP contribution in [0.3, 0.4) is 0 Å². The number of hydrogen-bond donors (Lipinski definition) is 0. The summed E-state index contributed by atoms with van der Waals surface area (Å²) >= 11 is 0. The van der Waals surface area contributed by atoms with Crippen molar-refractivity contribution in [2.75, 3.05) is 13.2 Å². The summed E-state index contributed by atoms with van der Waals surface area (Å²) in [7, 11) is 0. The van der Waals surface area contributed by atoms with Crippen LogP contribution in [0, 0.1) is 11.8 Å². The monoisotopic (exact) mass is 274 g/mol. The van der Waals surface area contributed by atoms with Gasteiger partial charge in [0, 0.05) is 5.92 Å². The predicted octanol–water partition coefficient (Wildman–Crippen LogP) is 3.86. The lowest BCUT2D eigenvalue weighted by molar-refractivity contribution is 0.0810. The molecule has 0 saturated heterocycles. The smallest absolute Gasteiger partial charge is 0.172 e. The molecule has 0 aromatic heterocycles. The summed E-state index contributed by atoms with van der Waals surface area (Å²) in [5, 5.41) is 0. The highest BCUT2D eigenvalue weighted by Gasteiger charge is 2.32. The van der Waals surface area contributed by atoms with Crippen LogP contribution in [0.15, 0.2) is 18.2 Å². The van der Waals surface area contributed by atoms with Crippen molar-refractivity contribution < 1.29 is 14.3 Å². The van der Waals surface area contributed by atoms with Crippen molar-refractivity contribution >= 4 is 5.78 Å². The molecule has 1 heterocycles. The maximum atomic E-state index is 12.9. The van der Waals surface area contributed by atoms with Gasteiger partial charge in [-0.3, -0.25) is 4.79 Å². The van der Waals surface area contributed by atoms with Gasteiger partial charge in [-0.2, -0.15) is 0 Å². The molecule has 108 valence electrons. The average Bonchev–Trinajstić information content (AvgIpc) is 2.53. The van der Waals surface area contributed by atoms with Crippen LogP contribution in [0.25, 0.3) is 0 Å². The van der Waals surface area contributed by atoms with Crippen LogP contribution in [-0.2, 0) is 0 Å². The van der Waals surface area contributed by atoms with E-state index in [0.29, 0.717) is 36.2 Å². The number of ketones is 1. The van der Waals surface area contributed by atoms with Crippen molar-refractivity contribution in [2.24, 2.45) is 11.8 Å². The maximum absolute atomic E-state index is 12.9. The molecule has 0 N–H and O–H groups in total. The summed E-state index contributed by atoms with van der Waals surface area (Å²) in [6.07, 6.45) is 5.71. The third-order valence-electron chi connectivity index (χ3n) is 4.60. The van der Waals surface area contributed by atoms with Crippen LogP contribution >= 0.6 is 0 Å². The summed E-state index contributed by atoms with van der Waals surface area (Å²) in [5.74, 6) is 2.30. The number of carbonyl (C=O) groups is 1. The summed E-state index contributed by atoms with van der Waals surface area (Å²) in [5.41, 5.74) is 0.715. The summed E-state index contributed by atoms with van der Waals surface area (Å²) in [6, 6.07) is 5.66. The first-order valence-corrected chi connectivity index (χ1v) is 7.74. The van der Waals surface area contributed by atoms with Crippen molar-refractivity contribution in [3.8, 4) is 11.5 Å². The minimum absolute atomic E-state index is 0.158. The molecule has 2 unspecified atom stereocenters. The molecule has 3 rings (SSSR count). The molecular formula is C17H22O3. The molecule has 0 amide bonds. The molecule has 0 spiro atoms. The second-order valence-corrected chi connectivity index (χ2v) is 5.75. The second-order valence-electron chi connectivity index (χ2n) is 5.75. The molecule has 0 radical (unpaired) electrons. The van der Waals surface area contributed by atoms with Gasteiger partial charge in [-0.15, -0.1) is 0 Å². The van der Waals surface area contributed by atoms with E-state index in [1.54, 1.807) is 0 Å². The molecule has 1 aliphatic heterocycles. The average molecular weight is 274 g/mol. The van der Waals surface area contributed by atoms with E-state index in [0.717, 1.165) is 12.8 Å². The number of fused-ring (bicyclic) bond motifs is 1. The molecule has 1 aliphatic carbocycles. The zero-order valence-corrected chi connectivity index (χ0v) is 12.1. The first-order chi connectivity index (χ1) is 9.81. The molecule has 2 atom stereocenters. The van der Waals surface area contributed by atoms with Crippen molar-refractivity contribution in [3.05, 3.63) is 23.8 Å². The molecule has 0 bridgehead atoms. The Hall–Kier alpha value is -1.51. The molecule has 1 saturated carbocycles. The predicted molar refractivity (Wildman–Crippen MR) is 77.5 cm³/mol. The lowest BCUT2D eigenvalue weighted by atomic mass is 9.74. The lowest BCUT2D eigenvalue weighted by Gasteiger charge is -2.30. The van der Waals surface area contributed by atoms with Gasteiger partial charge >= 0.3 is 0 Å². The van der Waals surface area contributed by atoms with Crippen molar-refractivity contribution in [3.63, 3.8) is 0 Å². The van der Waals surface area contributed by atoms with E-state index in [1.165, 1.54) is 19.3 Å². The minimum Gasteiger partial charge on any atom is -0.486 e. The van der Waals surface area contributed by atoms with Crippen LogP contribution < -0.4 is 9.47 Å². The Morgan fingerprint density at radius 1 is 1.20 bits per heavy atom. The van der Waals surface area contributed by atoms with Crippen molar-refractivity contribution in [1.29, 1.82) is 0 Å². The fourth-order valence-corrected chi connectivity index (χ4v) is 3.51. The fourth-order valence-electron chi connectivity index (χ4n) is 3.51. The molecule has 3 heteroatoms. The van der Waals surface area contributed by atoms with E-state index >= 15 is 0 Å². The Balaban J connectivity index is 1.90. The number of para-hydroxylation sites is 1. The third-order valence-corrected chi connectivity index (χ3v) is 4.60. The standard InChI is InChI=1S/C17H22O3/c1-2-12-6-3-4-7-13(12)16(18)14-8-5-9-15-17(14)20-11-10-19-15/h5,8-9,12-13H,2-4,6-7,10-11H2,1H3. The van der Waals surface area contributed by atoms with E-state index in [1.807, 2.05) is 18.2 Å². The van der Waals surface area contributed by atoms with Crippen LogP contribution in [0.2, 0.25) is 0 Å². The molecule has 2 aliphatic rings.